The largest absolute Gasteiger partial charge is 0.383 e. The number of aromatic nitrogens is 4. The molecule has 0 aliphatic carbocycles. The van der Waals surface area contributed by atoms with Crippen molar-refractivity contribution in [2.75, 3.05) is 12.3 Å². The molecule has 0 fully saturated rings. The molecule has 0 spiro atoms. The fourth-order valence-electron chi connectivity index (χ4n) is 2.18. The maximum atomic E-state index is 11.8. The summed E-state index contributed by atoms with van der Waals surface area (Å²) >= 11 is 0. The van der Waals surface area contributed by atoms with Gasteiger partial charge in [0, 0.05) is 12.4 Å². The van der Waals surface area contributed by atoms with Crippen LogP contribution >= 0.6 is 0 Å². The lowest BCUT2D eigenvalue weighted by atomic mass is 10.2. The van der Waals surface area contributed by atoms with Crippen molar-refractivity contribution in [3.63, 3.8) is 0 Å². The standard InChI is InChI=1S/C15H16N6O/c16-7-5-11-9-18-21(10-11)13-3-1-12(2-4-13)20-8-6-14(17)19-15(20)22/h1-4,6,8-10H,5,7,16H2,(H2,17,19,22). The lowest BCUT2D eigenvalue weighted by Gasteiger charge is -2.06. The van der Waals surface area contributed by atoms with Gasteiger partial charge in [0.25, 0.3) is 0 Å². The van der Waals surface area contributed by atoms with Crippen LogP contribution in [0.2, 0.25) is 0 Å². The van der Waals surface area contributed by atoms with Gasteiger partial charge in [0.2, 0.25) is 0 Å². The average Bonchev–Trinajstić information content (AvgIpc) is 2.97. The molecule has 0 atom stereocenters. The van der Waals surface area contributed by atoms with Crippen LogP contribution in [0.3, 0.4) is 0 Å². The molecule has 7 nitrogen and oxygen atoms in total. The Morgan fingerprint density at radius 1 is 1.09 bits per heavy atom. The van der Waals surface area contributed by atoms with E-state index in [-0.39, 0.29) is 5.82 Å². The van der Waals surface area contributed by atoms with Crippen molar-refractivity contribution in [2.24, 2.45) is 5.73 Å². The number of nitrogen functional groups attached to an aromatic ring is 1. The van der Waals surface area contributed by atoms with Crippen LogP contribution in [0.15, 0.2) is 53.7 Å². The summed E-state index contributed by atoms with van der Waals surface area (Å²) in [6.45, 7) is 0.595. The lowest BCUT2D eigenvalue weighted by molar-refractivity contribution is 0.874. The monoisotopic (exact) mass is 296 g/mol. The van der Waals surface area contributed by atoms with Crippen LogP contribution in [-0.4, -0.2) is 25.9 Å². The zero-order chi connectivity index (χ0) is 15.5. The summed E-state index contributed by atoms with van der Waals surface area (Å²) in [6, 6.07) is 9.02. The molecule has 0 aliphatic heterocycles. The predicted molar refractivity (Wildman–Crippen MR) is 84.1 cm³/mol. The summed E-state index contributed by atoms with van der Waals surface area (Å²) in [5.74, 6) is 0.210. The molecular formula is C15H16N6O. The van der Waals surface area contributed by atoms with Gasteiger partial charge in [-0.2, -0.15) is 10.1 Å². The van der Waals surface area contributed by atoms with E-state index < -0.39 is 5.69 Å². The first-order chi connectivity index (χ1) is 10.7. The van der Waals surface area contributed by atoms with E-state index in [9.17, 15) is 4.79 Å². The second-order valence-corrected chi connectivity index (χ2v) is 4.85. The number of hydrogen-bond acceptors (Lipinski definition) is 5. The zero-order valence-corrected chi connectivity index (χ0v) is 11.9. The highest BCUT2D eigenvalue weighted by molar-refractivity contribution is 5.42. The maximum absolute atomic E-state index is 11.8. The third kappa shape index (κ3) is 2.75. The summed E-state index contributed by atoms with van der Waals surface area (Å²) in [4.78, 5) is 15.5. The van der Waals surface area contributed by atoms with Gasteiger partial charge in [-0.3, -0.25) is 4.57 Å². The van der Waals surface area contributed by atoms with Gasteiger partial charge in [-0.1, -0.05) is 0 Å². The smallest absolute Gasteiger partial charge is 0.354 e. The molecule has 1 aromatic carbocycles. The second-order valence-electron chi connectivity index (χ2n) is 4.85. The number of rotatable bonds is 4. The maximum Gasteiger partial charge on any atom is 0.354 e. The third-order valence-electron chi connectivity index (χ3n) is 3.29. The van der Waals surface area contributed by atoms with Crippen molar-refractivity contribution in [3.05, 3.63) is 65.0 Å². The van der Waals surface area contributed by atoms with Crippen LogP contribution in [0.4, 0.5) is 5.82 Å². The first-order valence-corrected chi connectivity index (χ1v) is 6.87. The molecular weight excluding hydrogens is 280 g/mol. The van der Waals surface area contributed by atoms with Gasteiger partial charge in [0.1, 0.15) is 5.82 Å². The van der Waals surface area contributed by atoms with Crippen LogP contribution in [0.5, 0.6) is 0 Å². The van der Waals surface area contributed by atoms with Crippen molar-refractivity contribution in [2.45, 2.75) is 6.42 Å². The summed E-state index contributed by atoms with van der Waals surface area (Å²) < 4.78 is 3.21. The van der Waals surface area contributed by atoms with Gasteiger partial charge in [0.05, 0.1) is 17.6 Å². The van der Waals surface area contributed by atoms with E-state index in [1.807, 2.05) is 30.5 Å². The molecule has 0 amide bonds. The fourth-order valence-corrected chi connectivity index (χ4v) is 2.18. The van der Waals surface area contributed by atoms with E-state index in [0.717, 1.165) is 23.4 Å². The molecule has 7 heteroatoms. The van der Waals surface area contributed by atoms with E-state index >= 15 is 0 Å². The Morgan fingerprint density at radius 3 is 2.50 bits per heavy atom. The number of nitrogens with zero attached hydrogens (tertiary/aromatic N) is 4. The summed E-state index contributed by atoms with van der Waals surface area (Å²) in [5, 5.41) is 4.30. The van der Waals surface area contributed by atoms with Crippen molar-refractivity contribution >= 4 is 5.82 Å². The van der Waals surface area contributed by atoms with Gasteiger partial charge in [-0.15, -0.1) is 0 Å². The van der Waals surface area contributed by atoms with E-state index in [2.05, 4.69) is 10.1 Å². The molecule has 0 saturated carbocycles. The fraction of sp³-hybridized carbons (Fsp3) is 0.133. The molecule has 2 aromatic heterocycles. The normalized spacial score (nSPS) is 10.8. The molecule has 0 aliphatic rings. The van der Waals surface area contributed by atoms with Crippen molar-refractivity contribution in [1.82, 2.24) is 19.3 Å². The van der Waals surface area contributed by atoms with Crippen molar-refractivity contribution in [1.29, 1.82) is 0 Å². The van der Waals surface area contributed by atoms with E-state index in [0.29, 0.717) is 6.54 Å². The van der Waals surface area contributed by atoms with E-state index in [4.69, 9.17) is 11.5 Å². The topological polar surface area (TPSA) is 105 Å². The minimum Gasteiger partial charge on any atom is -0.383 e. The number of nitrogens with two attached hydrogens (primary N) is 2. The van der Waals surface area contributed by atoms with Gasteiger partial charge >= 0.3 is 5.69 Å². The van der Waals surface area contributed by atoms with Gasteiger partial charge in [-0.25, -0.2) is 9.48 Å². The Hall–Kier alpha value is -2.93. The lowest BCUT2D eigenvalue weighted by Crippen LogP contribution is -2.21. The Labute approximate surface area is 126 Å². The van der Waals surface area contributed by atoms with E-state index in [1.54, 1.807) is 23.1 Å². The number of benzene rings is 1. The van der Waals surface area contributed by atoms with Crippen molar-refractivity contribution in [3.8, 4) is 11.4 Å². The molecule has 0 radical (unpaired) electrons. The summed E-state index contributed by atoms with van der Waals surface area (Å²) in [7, 11) is 0. The second kappa shape index (κ2) is 5.82. The van der Waals surface area contributed by atoms with Crippen LogP contribution < -0.4 is 17.2 Å². The third-order valence-corrected chi connectivity index (χ3v) is 3.29. The Morgan fingerprint density at radius 2 is 1.82 bits per heavy atom. The molecule has 3 rings (SSSR count). The SMILES string of the molecule is NCCc1cnn(-c2ccc(-n3ccc(N)nc3=O)cc2)c1. The Balaban J connectivity index is 1.90. The molecule has 2 heterocycles. The highest BCUT2D eigenvalue weighted by Crippen LogP contribution is 2.12. The Bertz CT molecular complexity index is 834. The van der Waals surface area contributed by atoms with Crippen LogP contribution in [-0.2, 0) is 6.42 Å². The van der Waals surface area contributed by atoms with Crippen molar-refractivity contribution < 1.29 is 0 Å². The van der Waals surface area contributed by atoms with Crippen LogP contribution in [0.25, 0.3) is 11.4 Å². The molecule has 0 unspecified atom stereocenters. The number of anilines is 1. The van der Waals surface area contributed by atoms with Gasteiger partial charge < -0.3 is 11.5 Å². The first-order valence-electron chi connectivity index (χ1n) is 6.87. The van der Waals surface area contributed by atoms with Gasteiger partial charge in [-0.05, 0) is 48.9 Å². The summed E-state index contributed by atoms with van der Waals surface area (Å²) in [6.07, 6.45) is 6.14. The molecule has 4 N–H and O–H groups in total. The molecule has 22 heavy (non-hydrogen) atoms. The predicted octanol–water partition coefficient (Wildman–Crippen LogP) is 0.502. The molecule has 0 bridgehead atoms. The first kappa shape index (κ1) is 14.0. The van der Waals surface area contributed by atoms with Gasteiger partial charge in [0.15, 0.2) is 0 Å². The summed E-state index contributed by atoms with van der Waals surface area (Å²) in [5.41, 5.74) is 13.3. The average molecular weight is 296 g/mol. The molecule has 112 valence electrons. The minimum absolute atomic E-state index is 0.210. The highest BCUT2D eigenvalue weighted by atomic mass is 16.1. The molecule has 0 saturated heterocycles. The zero-order valence-electron chi connectivity index (χ0n) is 11.9. The van der Waals surface area contributed by atoms with Crippen LogP contribution in [0, 0.1) is 0 Å². The molecule has 3 aromatic rings. The van der Waals surface area contributed by atoms with Crippen LogP contribution in [0.1, 0.15) is 5.56 Å². The van der Waals surface area contributed by atoms with E-state index in [1.165, 1.54) is 4.57 Å². The Kier molecular flexibility index (Phi) is 3.71. The quantitative estimate of drug-likeness (QED) is 0.729. The minimum atomic E-state index is -0.405. The highest BCUT2D eigenvalue weighted by Gasteiger charge is 2.04. The number of hydrogen-bond donors (Lipinski definition) is 2.